The molecule has 0 radical (unpaired) electrons. The van der Waals surface area contributed by atoms with Crippen molar-refractivity contribution in [2.24, 2.45) is 0 Å². The summed E-state index contributed by atoms with van der Waals surface area (Å²) < 4.78 is 18.6. The fourth-order valence-corrected chi connectivity index (χ4v) is 4.05. The van der Waals surface area contributed by atoms with Gasteiger partial charge in [0.1, 0.15) is 11.6 Å². The van der Waals surface area contributed by atoms with Gasteiger partial charge < -0.3 is 4.74 Å². The van der Waals surface area contributed by atoms with Gasteiger partial charge in [-0.25, -0.2) is 9.18 Å². The first-order valence-corrected chi connectivity index (χ1v) is 10.7. The number of esters is 1. The van der Waals surface area contributed by atoms with E-state index in [2.05, 4.69) is 0 Å². The average Bonchev–Trinajstić information content (AvgIpc) is 3.04. The second-order valence-electron chi connectivity index (χ2n) is 6.83. The lowest BCUT2D eigenvalue weighted by atomic mass is 10.2. The summed E-state index contributed by atoms with van der Waals surface area (Å²) in [7, 11) is 0. The minimum Gasteiger partial charge on any atom is -0.423 e. The van der Waals surface area contributed by atoms with Crippen molar-refractivity contribution in [3.05, 3.63) is 105 Å². The first kappa shape index (κ1) is 21.8. The Labute approximate surface area is 192 Å². The summed E-state index contributed by atoms with van der Waals surface area (Å²) in [5, 5.41) is -0.288. The summed E-state index contributed by atoms with van der Waals surface area (Å²) in [6, 6.07) is 19.0. The minimum atomic E-state index is -0.495. The van der Waals surface area contributed by atoms with Gasteiger partial charge in [-0.15, -0.1) is 0 Å². The molecule has 3 aromatic rings. The SMILES string of the molecule is O=C(Oc1ccc(/C=C2\SC(=O)N(Cc3ccc(F)cc3Cl)C2=O)cc1)c1ccccc1. The molecule has 32 heavy (non-hydrogen) atoms. The Hall–Kier alpha value is -3.42. The van der Waals surface area contributed by atoms with Crippen LogP contribution in [0.5, 0.6) is 5.75 Å². The number of thioether (sulfide) groups is 1. The number of carbonyl (C=O) groups excluding carboxylic acids is 3. The summed E-state index contributed by atoms with van der Waals surface area (Å²) in [6.45, 7) is -0.0461. The second kappa shape index (κ2) is 9.38. The maximum Gasteiger partial charge on any atom is 0.343 e. The highest BCUT2D eigenvalue weighted by Gasteiger charge is 2.35. The van der Waals surface area contributed by atoms with Crippen LogP contribution in [0.3, 0.4) is 0 Å². The van der Waals surface area contributed by atoms with Crippen molar-refractivity contribution in [1.29, 1.82) is 0 Å². The van der Waals surface area contributed by atoms with E-state index in [1.807, 2.05) is 6.07 Å². The Morgan fingerprint density at radius 1 is 1.03 bits per heavy atom. The molecule has 1 aliphatic rings. The monoisotopic (exact) mass is 467 g/mol. The molecule has 0 unspecified atom stereocenters. The lowest BCUT2D eigenvalue weighted by Gasteiger charge is -2.13. The number of ether oxygens (including phenoxy) is 1. The van der Waals surface area contributed by atoms with E-state index in [1.54, 1.807) is 54.6 Å². The summed E-state index contributed by atoms with van der Waals surface area (Å²) in [6.07, 6.45) is 1.58. The van der Waals surface area contributed by atoms with Crippen molar-refractivity contribution < 1.29 is 23.5 Å². The molecule has 4 rings (SSSR count). The van der Waals surface area contributed by atoms with Crippen LogP contribution in [0.15, 0.2) is 77.7 Å². The minimum absolute atomic E-state index is 0.0461. The molecule has 1 aliphatic heterocycles. The maximum absolute atomic E-state index is 13.2. The summed E-state index contributed by atoms with van der Waals surface area (Å²) >= 11 is 6.83. The number of carbonyl (C=O) groups is 3. The van der Waals surface area contributed by atoms with Crippen molar-refractivity contribution in [1.82, 2.24) is 4.90 Å². The molecule has 1 saturated heterocycles. The molecule has 0 aliphatic carbocycles. The molecular weight excluding hydrogens is 453 g/mol. The Morgan fingerprint density at radius 3 is 2.44 bits per heavy atom. The summed E-state index contributed by atoms with van der Waals surface area (Å²) in [5.41, 5.74) is 1.57. The van der Waals surface area contributed by atoms with Gasteiger partial charge in [0, 0.05) is 5.02 Å². The van der Waals surface area contributed by atoms with E-state index in [1.165, 1.54) is 12.1 Å². The lowest BCUT2D eigenvalue weighted by Crippen LogP contribution is -2.27. The second-order valence-corrected chi connectivity index (χ2v) is 8.23. The molecule has 0 aromatic heterocycles. The molecule has 0 atom stereocenters. The quantitative estimate of drug-likeness (QED) is 0.264. The lowest BCUT2D eigenvalue weighted by molar-refractivity contribution is -0.123. The van der Waals surface area contributed by atoms with Crippen LogP contribution in [0, 0.1) is 5.82 Å². The van der Waals surface area contributed by atoms with Crippen LogP contribution in [0.25, 0.3) is 6.08 Å². The fourth-order valence-electron chi connectivity index (χ4n) is 2.98. The largest absolute Gasteiger partial charge is 0.423 e. The molecule has 2 amide bonds. The Morgan fingerprint density at radius 2 is 1.75 bits per heavy atom. The maximum atomic E-state index is 13.2. The molecule has 0 bridgehead atoms. The molecule has 3 aromatic carbocycles. The van der Waals surface area contributed by atoms with Crippen LogP contribution in [0.4, 0.5) is 9.18 Å². The molecule has 0 N–H and O–H groups in total. The third-order valence-corrected chi connectivity index (χ3v) is 5.87. The summed E-state index contributed by atoms with van der Waals surface area (Å²) in [5.74, 6) is -1.07. The van der Waals surface area contributed by atoms with E-state index < -0.39 is 22.9 Å². The number of imide groups is 1. The number of nitrogens with zero attached hydrogens (tertiary/aromatic N) is 1. The molecule has 0 saturated carbocycles. The standard InChI is InChI=1S/C24H15ClFNO4S/c25-20-13-18(26)9-8-17(20)14-27-22(28)21(32-24(27)30)12-15-6-10-19(11-7-15)31-23(29)16-4-2-1-3-5-16/h1-13H,14H2/b21-12-. The highest BCUT2D eigenvalue weighted by Crippen LogP contribution is 2.34. The number of amides is 2. The molecule has 8 heteroatoms. The highest BCUT2D eigenvalue weighted by atomic mass is 35.5. The molecule has 160 valence electrons. The predicted molar refractivity (Wildman–Crippen MR) is 121 cm³/mol. The van der Waals surface area contributed by atoms with E-state index in [4.69, 9.17) is 16.3 Å². The van der Waals surface area contributed by atoms with Crippen LogP contribution in [0.2, 0.25) is 5.02 Å². The van der Waals surface area contributed by atoms with E-state index in [0.29, 0.717) is 22.4 Å². The van der Waals surface area contributed by atoms with Crippen LogP contribution in [0.1, 0.15) is 21.5 Å². The first-order chi connectivity index (χ1) is 15.4. The fraction of sp³-hybridized carbons (Fsp3) is 0.0417. The number of halogens is 2. The zero-order chi connectivity index (χ0) is 22.7. The van der Waals surface area contributed by atoms with Gasteiger partial charge in [0.05, 0.1) is 17.0 Å². The van der Waals surface area contributed by atoms with Crippen LogP contribution in [-0.4, -0.2) is 22.0 Å². The molecule has 1 fully saturated rings. The average molecular weight is 468 g/mol. The van der Waals surface area contributed by atoms with Crippen LogP contribution < -0.4 is 4.74 Å². The van der Waals surface area contributed by atoms with Gasteiger partial charge in [0.15, 0.2) is 0 Å². The van der Waals surface area contributed by atoms with Crippen molar-refractivity contribution in [3.8, 4) is 5.75 Å². The smallest absolute Gasteiger partial charge is 0.343 e. The zero-order valence-electron chi connectivity index (χ0n) is 16.5. The molecule has 1 heterocycles. The normalized spacial score (nSPS) is 14.8. The Kier molecular flexibility index (Phi) is 6.39. The van der Waals surface area contributed by atoms with E-state index in [9.17, 15) is 18.8 Å². The highest BCUT2D eigenvalue weighted by molar-refractivity contribution is 8.18. The van der Waals surface area contributed by atoms with Crippen molar-refractivity contribution in [3.63, 3.8) is 0 Å². The van der Waals surface area contributed by atoms with Gasteiger partial charge in [-0.2, -0.15) is 0 Å². The molecular formula is C24H15ClFNO4S. The third kappa shape index (κ3) is 4.90. The van der Waals surface area contributed by atoms with Gasteiger partial charge in [0.2, 0.25) is 0 Å². The third-order valence-electron chi connectivity index (χ3n) is 4.62. The predicted octanol–water partition coefficient (Wildman–Crippen LogP) is 5.93. The Bertz CT molecular complexity index is 1230. The van der Waals surface area contributed by atoms with Gasteiger partial charge >= 0.3 is 5.97 Å². The molecule has 0 spiro atoms. The van der Waals surface area contributed by atoms with Crippen molar-refractivity contribution in [2.45, 2.75) is 6.54 Å². The van der Waals surface area contributed by atoms with Crippen LogP contribution >= 0.6 is 23.4 Å². The van der Waals surface area contributed by atoms with Crippen LogP contribution in [-0.2, 0) is 11.3 Å². The van der Waals surface area contributed by atoms with Gasteiger partial charge in [0.25, 0.3) is 11.1 Å². The number of rotatable bonds is 5. The van der Waals surface area contributed by atoms with E-state index >= 15 is 0 Å². The number of hydrogen-bond acceptors (Lipinski definition) is 5. The van der Waals surface area contributed by atoms with Gasteiger partial charge in [-0.1, -0.05) is 48.0 Å². The topological polar surface area (TPSA) is 63.7 Å². The number of hydrogen-bond donors (Lipinski definition) is 0. The zero-order valence-corrected chi connectivity index (χ0v) is 18.0. The number of benzene rings is 3. The van der Waals surface area contributed by atoms with Gasteiger partial charge in [-0.3, -0.25) is 14.5 Å². The van der Waals surface area contributed by atoms with Gasteiger partial charge in [-0.05, 0) is 65.4 Å². The Balaban J connectivity index is 1.45. The van der Waals surface area contributed by atoms with Crippen molar-refractivity contribution >= 4 is 46.6 Å². The van der Waals surface area contributed by atoms with E-state index in [0.717, 1.165) is 22.7 Å². The first-order valence-electron chi connectivity index (χ1n) is 9.47. The summed E-state index contributed by atoms with van der Waals surface area (Å²) in [4.78, 5) is 38.5. The molecule has 5 nitrogen and oxygen atoms in total. The van der Waals surface area contributed by atoms with Crippen molar-refractivity contribution in [2.75, 3.05) is 0 Å². The van der Waals surface area contributed by atoms with E-state index in [-0.39, 0.29) is 16.5 Å².